The molecule has 0 fully saturated rings. The van der Waals surface area contributed by atoms with Gasteiger partial charge in [0.1, 0.15) is 6.23 Å². The van der Waals surface area contributed by atoms with E-state index in [-0.39, 0.29) is 17.8 Å². The second-order valence-electron chi connectivity index (χ2n) is 5.33. The van der Waals surface area contributed by atoms with E-state index >= 15 is 0 Å². The molecular weight excluding hydrogens is 218 g/mol. The highest BCUT2D eigenvalue weighted by Crippen LogP contribution is 2.18. The third-order valence-corrected chi connectivity index (χ3v) is 3.05. The molecule has 0 radical (unpaired) electrons. The minimum absolute atomic E-state index is 0.182. The van der Waals surface area contributed by atoms with Gasteiger partial charge < -0.3 is 10.2 Å². The monoisotopic (exact) mass is 245 g/mol. The predicted octanol–water partition coefficient (Wildman–Crippen LogP) is 2.08. The van der Waals surface area contributed by atoms with Crippen molar-refractivity contribution in [3.8, 4) is 0 Å². The van der Waals surface area contributed by atoms with Gasteiger partial charge in [0.05, 0.1) is 5.92 Å². The largest absolute Gasteiger partial charge is 0.481 e. The van der Waals surface area contributed by atoms with E-state index in [2.05, 4.69) is 5.32 Å². The summed E-state index contributed by atoms with van der Waals surface area (Å²) < 4.78 is 0. The number of unbranched alkanes of at least 4 members (excludes halogenated alkanes) is 1. The summed E-state index contributed by atoms with van der Waals surface area (Å²) in [5.41, 5.74) is 0. The summed E-state index contributed by atoms with van der Waals surface area (Å²) in [5, 5.41) is 21.5. The number of carbonyl (C=O) groups is 1. The lowest BCUT2D eigenvalue weighted by Crippen LogP contribution is -2.34. The number of rotatable bonds is 9. The van der Waals surface area contributed by atoms with Crippen LogP contribution in [0, 0.1) is 17.8 Å². The van der Waals surface area contributed by atoms with Crippen LogP contribution in [0.3, 0.4) is 0 Å². The summed E-state index contributed by atoms with van der Waals surface area (Å²) in [7, 11) is 0. The molecule has 102 valence electrons. The Morgan fingerprint density at radius 1 is 1.12 bits per heavy atom. The molecule has 0 saturated heterocycles. The fraction of sp³-hybridized carbons (Fsp3) is 0.923. The average molecular weight is 245 g/mol. The second kappa shape index (κ2) is 8.48. The van der Waals surface area contributed by atoms with Crippen molar-refractivity contribution in [3.05, 3.63) is 0 Å². The van der Waals surface area contributed by atoms with Crippen LogP contribution in [-0.4, -0.2) is 29.0 Å². The van der Waals surface area contributed by atoms with Gasteiger partial charge in [-0.1, -0.05) is 34.1 Å². The van der Waals surface area contributed by atoms with Gasteiger partial charge in [-0.15, -0.1) is 0 Å². The number of aliphatic hydroxyl groups excluding tert-OH is 1. The first-order valence-electron chi connectivity index (χ1n) is 6.50. The molecule has 17 heavy (non-hydrogen) atoms. The Morgan fingerprint density at radius 3 is 2.12 bits per heavy atom. The Morgan fingerprint density at radius 2 is 1.71 bits per heavy atom. The average Bonchev–Trinajstić information content (AvgIpc) is 2.21. The number of hydrogen-bond acceptors (Lipinski definition) is 3. The molecule has 0 aliphatic carbocycles. The maximum absolute atomic E-state index is 10.9. The Bertz CT molecular complexity index is 217. The van der Waals surface area contributed by atoms with Crippen molar-refractivity contribution in [2.45, 2.75) is 53.2 Å². The molecule has 0 saturated carbocycles. The van der Waals surface area contributed by atoms with Crippen molar-refractivity contribution in [2.24, 2.45) is 17.8 Å². The number of aliphatic carboxylic acids is 1. The molecule has 0 aliphatic rings. The molecule has 0 rings (SSSR count). The van der Waals surface area contributed by atoms with Crippen molar-refractivity contribution in [3.63, 3.8) is 0 Å². The number of carboxylic acid groups (broad SMARTS) is 1. The zero-order valence-electron chi connectivity index (χ0n) is 11.4. The zero-order chi connectivity index (χ0) is 13.4. The summed E-state index contributed by atoms with van der Waals surface area (Å²) in [6.45, 7) is 8.54. The lowest BCUT2D eigenvalue weighted by atomic mass is 9.91. The molecule has 4 nitrogen and oxygen atoms in total. The maximum atomic E-state index is 10.9. The van der Waals surface area contributed by atoms with Gasteiger partial charge in [0, 0.05) is 0 Å². The number of aliphatic hydroxyl groups is 1. The Balaban J connectivity index is 3.66. The van der Waals surface area contributed by atoms with Crippen LogP contribution in [0.5, 0.6) is 0 Å². The van der Waals surface area contributed by atoms with Crippen LogP contribution >= 0.6 is 0 Å². The second-order valence-corrected chi connectivity index (χ2v) is 5.33. The number of hydrogen-bond donors (Lipinski definition) is 3. The molecule has 0 spiro atoms. The van der Waals surface area contributed by atoms with Gasteiger partial charge in [-0.25, -0.2) is 0 Å². The molecule has 4 heteroatoms. The minimum atomic E-state index is -0.699. The Kier molecular flexibility index (Phi) is 8.17. The zero-order valence-corrected chi connectivity index (χ0v) is 11.4. The molecule has 1 unspecified atom stereocenters. The standard InChI is InChI=1S/C13H27NO3/c1-9(2)11(13(16)17)7-5-6-8-14-12(15)10(3)4/h9-12,14-15H,5-8H2,1-4H3,(H,16,17)/t11?,12-/m1/s1. The molecule has 0 aliphatic heterocycles. The van der Waals surface area contributed by atoms with E-state index in [0.29, 0.717) is 6.42 Å². The first kappa shape index (κ1) is 16.4. The third-order valence-electron chi connectivity index (χ3n) is 3.05. The lowest BCUT2D eigenvalue weighted by molar-refractivity contribution is -0.143. The minimum Gasteiger partial charge on any atom is -0.481 e. The Labute approximate surface area is 104 Å². The van der Waals surface area contributed by atoms with Crippen molar-refractivity contribution in [2.75, 3.05) is 6.54 Å². The van der Waals surface area contributed by atoms with Crippen molar-refractivity contribution < 1.29 is 15.0 Å². The SMILES string of the molecule is CC(C)C(CCCCN[C@H](O)C(C)C)C(=O)O. The van der Waals surface area contributed by atoms with E-state index in [1.165, 1.54) is 0 Å². The van der Waals surface area contributed by atoms with Gasteiger partial charge in [-0.05, 0) is 31.2 Å². The molecule has 0 heterocycles. The summed E-state index contributed by atoms with van der Waals surface area (Å²) in [6.07, 6.45) is 2.04. The first-order valence-corrected chi connectivity index (χ1v) is 6.50. The number of nitrogens with one attached hydrogen (secondary N) is 1. The summed E-state index contributed by atoms with van der Waals surface area (Å²) in [4.78, 5) is 10.9. The highest BCUT2D eigenvalue weighted by molar-refractivity contribution is 5.70. The molecule has 0 bridgehead atoms. The molecular formula is C13H27NO3. The molecule has 0 aromatic rings. The van der Waals surface area contributed by atoms with Crippen LogP contribution in [0.25, 0.3) is 0 Å². The molecule has 0 amide bonds. The van der Waals surface area contributed by atoms with Crippen LogP contribution in [0.1, 0.15) is 47.0 Å². The van der Waals surface area contributed by atoms with Crippen LogP contribution in [0.4, 0.5) is 0 Å². The third kappa shape index (κ3) is 7.34. The van der Waals surface area contributed by atoms with Gasteiger partial charge in [0.25, 0.3) is 0 Å². The fourth-order valence-electron chi connectivity index (χ4n) is 1.72. The summed E-state index contributed by atoms with van der Waals surface area (Å²) in [5.74, 6) is -0.556. The van der Waals surface area contributed by atoms with Crippen molar-refractivity contribution >= 4 is 5.97 Å². The van der Waals surface area contributed by atoms with Crippen LogP contribution in [0.2, 0.25) is 0 Å². The quantitative estimate of drug-likeness (QED) is 0.430. The van der Waals surface area contributed by atoms with E-state index in [0.717, 1.165) is 19.4 Å². The molecule has 0 aromatic heterocycles. The van der Waals surface area contributed by atoms with Crippen LogP contribution in [0.15, 0.2) is 0 Å². The summed E-state index contributed by atoms with van der Waals surface area (Å²) >= 11 is 0. The highest BCUT2D eigenvalue weighted by atomic mass is 16.4. The van der Waals surface area contributed by atoms with Crippen LogP contribution < -0.4 is 5.32 Å². The van der Waals surface area contributed by atoms with E-state index in [1.54, 1.807) is 0 Å². The fourth-order valence-corrected chi connectivity index (χ4v) is 1.72. The normalized spacial score (nSPS) is 15.2. The lowest BCUT2D eigenvalue weighted by Gasteiger charge is -2.18. The molecule has 0 aromatic carbocycles. The van der Waals surface area contributed by atoms with Crippen LogP contribution in [-0.2, 0) is 4.79 Å². The maximum Gasteiger partial charge on any atom is 0.306 e. The first-order chi connectivity index (χ1) is 7.86. The van der Waals surface area contributed by atoms with E-state index in [4.69, 9.17) is 5.11 Å². The van der Waals surface area contributed by atoms with Gasteiger partial charge in [0.15, 0.2) is 0 Å². The smallest absolute Gasteiger partial charge is 0.306 e. The number of carboxylic acids is 1. The van der Waals surface area contributed by atoms with Gasteiger partial charge in [-0.3, -0.25) is 10.1 Å². The molecule has 3 N–H and O–H groups in total. The summed E-state index contributed by atoms with van der Waals surface area (Å²) in [6, 6.07) is 0. The van der Waals surface area contributed by atoms with Gasteiger partial charge in [-0.2, -0.15) is 0 Å². The van der Waals surface area contributed by atoms with Crippen molar-refractivity contribution in [1.82, 2.24) is 5.32 Å². The van der Waals surface area contributed by atoms with Crippen molar-refractivity contribution in [1.29, 1.82) is 0 Å². The Hall–Kier alpha value is -0.610. The highest BCUT2D eigenvalue weighted by Gasteiger charge is 2.20. The van der Waals surface area contributed by atoms with Gasteiger partial charge >= 0.3 is 5.97 Å². The van der Waals surface area contributed by atoms with Gasteiger partial charge in [0.2, 0.25) is 0 Å². The molecule has 2 atom stereocenters. The topological polar surface area (TPSA) is 69.6 Å². The van der Waals surface area contributed by atoms with E-state index in [1.807, 2.05) is 27.7 Å². The van der Waals surface area contributed by atoms with E-state index in [9.17, 15) is 9.90 Å². The van der Waals surface area contributed by atoms with E-state index < -0.39 is 12.2 Å². The predicted molar refractivity (Wildman–Crippen MR) is 68.7 cm³/mol.